The third kappa shape index (κ3) is 1.85. The Morgan fingerprint density at radius 1 is 1.33 bits per heavy atom. The Hall–Kier alpha value is -1.93. The Balaban J connectivity index is 2.60. The summed E-state index contributed by atoms with van der Waals surface area (Å²) in [7, 11) is 0. The lowest BCUT2D eigenvalue weighted by Gasteiger charge is -2.38. The van der Waals surface area contributed by atoms with Crippen molar-refractivity contribution in [2.75, 3.05) is 0 Å². The molecular weight excluding hydrogens is 230 g/mol. The molecule has 1 saturated carbocycles. The fraction of sp³-hybridized carbons (Fsp3) is 0.429. The molecule has 4 heteroatoms. The number of carbonyl (C=O) groups is 1. The lowest BCUT2D eigenvalue weighted by atomic mass is 9.70. The molecule has 0 bridgehead atoms. The van der Waals surface area contributed by atoms with Crippen LogP contribution in [0.25, 0.3) is 0 Å². The third-order valence-corrected chi connectivity index (χ3v) is 3.74. The monoisotopic (exact) mass is 245 g/mol. The Labute approximate surface area is 105 Å². The number of nitrogens with zero attached hydrogens (tertiary/aromatic N) is 1. The third-order valence-electron chi connectivity index (χ3n) is 3.74. The largest absolute Gasteiger partial charge is 0.478 e. The van der Waals surface area contributed by atoms with Crippen LogP contribution >= 0.6 is 0 Å². The summed E-state index contributed by atoms with van der Waals surface area (Å²) in [5, 5.41) is 9.16. The molecule has 0 aliphatic heterocycles. The minimum Gasteiger partial charge on any atom is -0.478 e. The van der Waals surface area contributed by atoms with E-state index < -0.39 is 11.5 Å². The Kier molecular flexibility index (Phi) is 3.05. The molecule has 1 aromatic carbocycles. The highest BCUT2D eigenvalue weighted by molar-refractivity contribution is 5.89. The zero-order valence-electron chi connectivity index (χ0n) is 10.5. The van der Waals surface area contributed by atoms with Gasteiger partial charge in [-0.2, -0.15) is 4.99 Å². The molecule has 1 aliphatic rings. The number of hydrogen-bond acceptors (Lipinski definition) is 3. The summed E-state index contributed by atoms with van der Waals surface area (Å²) < 4.78 is 0. The van der Waals surface area contributed by atoms with Crippen LogP contribution in [-0.2, 0) is 10.3 Å². The highest BCUT2D eigenvalue weighted by Crippen LogP contribution is 2.46. The predicted octanol–water partition coefficient (Wildman–Crippen LogP) is 2.72. The van der Waals surface area contributed by atoms with Gasteiger partial charge in [0.1, 0.15) is 0 Å². The summed E-state index contributed by atoms with van der Waals surface area (Å²) in [6.45, 7) is 3.70. The van der Waals surface area contributed by atoms with Crippen LogP contribution in [0.2, 0.25) is 0 Å². The topological polar surface area (TPSA) is 66.7 Å². The van der Waals surface area contributed by atoms with Crippen LogP contribution in [0, 0.1) is 13.8 Å². The molecule has 4 nitrogen and oxygen atoms in total. The van der Waals surface area contributed by atoms with Crippen LogP contribution in [0.3, 0.4) is 0 Å². The molecule has 1 fully saturated rings. The van der Waals surface area contributed by atoms with Gasteiger partial charge in [-0.3, -0.25) is 0 Å². The molecule has 1 aromatic rings. The van der Waals surface area contributed by atoms with Crippen LogP contribution in [0.15, 0.2) is 17.1 Å². The first kappa shape index (κ1) is 12.5. The van der Waals surface area contributed by atoms with E-state index in [1.54, 1.807) is 19.1 Å². The Morgan fingerprint density at radius 2 is 2.00 bits per heavy atom. The summed E-state index contributed by atoms with van der Waals surface area (Å²) in [4.78, 5) is 25.7. The normalized spacial score (nSPS) is 16.6. The highest BCUT2D eigenvalue weighted by Gasteiger charge is 2.40. The fourth-order valence-electron chi connectivity index (χ4n) is 2.62. The lowest BCUT2D eigenvalue weighted by molar-refractivity contribution is 0.0695. The number of isocyanates is 1. The van der Waals surface area contributed by atoms with E-state index >= 15 is 0 Å². The zero-order valence-corrected chi connectivity index (χ0v) is 10.5. The second-order valence-electron chi connectivity index (χ2n) is 4.88. The number of carboxylic acid groups (broad SMARTS) is 1. The average Bonchev–Trinajstić information content (AvgIpc) is 2.24. The van der Waals surface area contributed by atoms with Crippen molar-refractivity contribution < 1.29 is 14.7 Å². The smallest absolute Gasteiger partial charge is 0.335 e. The van der Waals surface area contributed by atoms with Gasteiger partial charge in [-0.25, -0.2) is 9.59 Å². The summed E-state index contributed by atoms with van der Waals surface area (Å²) in [6.07, 6.45) is 4.19. The van der Waals surface area contributed by atoms with Crippen LogP contribution < -0.4 is 0 Å². The second kappa shape index (κ2) is 4.39. The minimum atomic E-state index is -0.946. The molecule has 0 unspecified atom stereocenters. The highest BCUT2D eigenvalue weighted by atomic mass is 16.4. The molecule has 1 N–H and O–H groups in total. The van der Waals surface area contributed by atoms with Crippen molar-refractivity contribution >= 4 is 12.0 Å². The maximum Gasteiger partial charge on any atom is 0.335 e. The Bertz CT molecular complexity index is 552. The number of aromatic carboxylic acids is 1. The van der Waals surface area contributed by atoms with E-state index in [1.165, 1.54) is 0 Å². The number of aliphatic imine (C=N–C) groups is 1. The number of hydrogen-bond donors (Lipinski definition) is 1. The van der Waals surface area contributed by atoms with Gasteiger partial charge < -0.3 is 5.11 Å². The first-order valence-electron chi connectivity index (χ1n) is 5.94. The molecule has 0 spiro atoms. The second-order valence-corrected chi connectivity index (χ2v) is 4.88. The van der Waals surface area contributed by atoms with Crippen LogP contribution in [0.5, 0.6) is 0 Å². The van der Waals surface area contributed by atoms with E-state index in [4.69, 9.17) is 5.11 Å². The number of aryl methyl sites for hydroxylation is 2. The molecular formula is C14H15NO3. The van der Waals surface area contributed by atoms with Gasteiger partial charge in [0, 0.05) is 0 Å². The summed E-state index contributed by atoms with van der Waals surface area (Å²) >= 11 is 0. The molecule has 0 saturated heterocycles. The summed E-state index contributed by atoms with van der Waals surface area (Å²) in [6, 6.07) is 3.51. The molecule has 18 heavy (non-hydrogen) atoms. The first-order chi connectivity index (χ1) is 8.50. The molecule has 1 aliphatic carbocycles. The van der Waals surface area contributed by atoms with Crippen molar-refractivity contribution in [2.24, 2.45) is 4.99 Å². The van der Waals surface area contributed by atoms with E-state index in [1.807, 2.05) is 13.0 Å². The van der Waals surface area contributed by atoms with E-state index in [2.05, 4.69) is 4.99 Å². The van der Waals surface area contributed by atoms with Gasteiger partial charge in [-0.05, 0) is 55.9 Å². The van der Waals surface area contributed by atoms with Crippen LogP contribution in [-0.4, -0.2) is 17.2 Å². The molecule has 0 amide bonds. The Morgan fingerprint density at radius 3 is 2.44 bits per heavy atom. The quantitative estimate of drug-likeness (QED) is 0.657. The maximum absolute atomic E-state index is 11.2. The van der Waals surface area contributed by atoms with E-state index in [0.717, 1.165) is 36.0 Å². The molecule has 0 atom stereocenters. The zero-order chi connectivity index (χ0) is 13.3. The van der Waals surface area contributed by atoms with E-state index in [0.29, 0.717) is 0 Å². The molecule has 0 heterocycles. The van der Waals surface area contributed by atoms with Gasteiger partial charge in [-0.15, -0.1) is 0 Å². The van der Waals surface area contributed by atoms with Gasteiger partial charge in [0.05, 0.1) is 11.1 Å². The molecule has 0 radical (unpaired) electrons. The number of carbonyl (C=O) groups excluding carboxylic acids is 1. The average molecular weight is 245 g/mol. The van der Waals surface area contributed by atoms with Gasteiger partial charge in [0.25, 0.3) is 0 Å². The maximum atomic E-state index is 11.2. The minimum absolute atomic E-state index is 0.281. The number of rotatable bonds is 3. The van der Waals surface area contributed by atoms with Crippen molar-refractivity contribution in [1.82, 2.24) is 0 Å². The van der Waals surface area contributed by atoms with E-state index in [9.17, 15) is 9.59 Å². The predicted molar refractivity (Wildman–Crippen MR) is 66.5 cm³/mol. The van der Waals surface area contributed by atoms with Crippen molar-refractivity contribution in [3.05, 3.63) is 34.4 Å². The molecule has 94 valence electrons. The van der Waals surface area contributed by atoms with Crippen molar-refractivity contribution in [3.8, 4) is 0 Å². The fourth-order valence-corrected chi connectivity index (χ4v) is 2.62. The van der Waals surface area contributed by atoms with Gasteiger partial charge in [0.2, 0.25) is 6.08 Å². The van der Waals surface area contributed by atoms with Crippen LogP contribution in [0.4, 0.5) is 0 Å². The van der Waals surface area contributed by atoms with Gasteiger partial charge >= 0.3 is 5.97 Å². The summed E-state index contributed by atoms with van der Waals surface area (Å²) in [5.41, 5.74) is 2.30. The van der Waals surface area contributed by atoms with E-state index in [-0.39, 0.29) is 5.56 Å². The van der Waals surface area contributed by atoms with Crippen LogP contribution in [0.1, 0.15) is 46.3 Å². The summed E-state index contributed by atoms with van der Waals surface area (Å²) in [5.74, 6) is -0.946. The number of carboxylic acids is 1. The van der Waals surface area contributed by atoms with Gasteiger partial charge in [0.15, 0.2) is 0 Å². The SMILES string of the molecule is Cc1cc(C)c(C2(N=C=O)CCC2)cc1C(=O)O. The lowest BCUT2D eigenvalue weighted by Crippen LogP contribution is -2.33. The van der Waals surface area contributed by atoms with Gasteiger partial charge in [-0.1, -0.05) is 6.07 Å². The number of benzene rings is 1. The molecule has 0 aromatic heterocycles. The first-order valence-corrected chi connectivity index (χ1v) is 5.94. The van der Waals surface area contributed by atoms with Crippen molar-refractivity contribution in [3.63, 3.8) is 0 Å². The molecule has 2 rings (SSSR count). The van der Waals surface area contributed by atoms with Crippen molar-refractivity contribution in [1.29, 1.82) is 0 Å². The van der Waals surface area contributed by atoms with Crippen molar-refractivity contribution in [2.45, 2.75) is 38.6 Å². The standard InChI is InChI=1S/C14H15NO3/c1-9-6-10(2)12(7-11(9)13(17)18)14(15-8-16)4-3-5-14/h6-7H,3-5H2,1-2H3,(H,17,18).